The molecule has 1 aromatic rings. The summed E-state index contributed by atoms with van der Waals surface area (Å²) in [5.74, 6) is 0.149. The molecule has 1 saturated heterocycles. The van der Waals surface area contributed by atoms with E-state index in [9.17, 15) is 9.59 Å². The van der Waals surface area contributed by atoms with Gasteiger partial charge in [0.25, 0.3) is 0 Å². The molecule has 2 amide bonds. The highest BCUT2D eigenvalue weighted by Gasteiger charge is 2.24. The number of rotatable bonds is 5. The Morgan fingerprint density at radius 3 is 2.48 bits per heavy atom. The van der Waals surface area contributed by atoms with Crippen molar-refractivity contribution in [2.24, 2.45) is 0 Å². The van der Waals surface area contributed by atoms with Crippen molar-refractivity contribution >= 4 is 17.5 Å². The minimum Gasteiger partial charge on any atom is -0.350 e. The summed E-state index contributed by atoms with van der Waals surface area (Å²) in [7, 11) is 1.77. The smallest absolute Gasteiger partial charge is 0.239 e. The Bertz CT molecular complexity index is 523. The van der Waals surface area contributed by atoms with E-state index in [1.165, 1.54) is 0 Å². The fourth-order valence-electron chi connectivity index (χ4n) is 2.23. The lowest BCUT2D eigenvalue weighted by Crippen LogP contribution is -2.50. The van der Waals surface area contributed by atoms with Crippen molar-refractivity contribution in [1.29, 1.82) is 0 Å². The second-order valence-corrected chi connectivity index (χ2v) is 5.87. The van der Waals surface area contributed by atoms with Crippen molar-refractivity contribution in [1.82, 2.24) is 10.6 Å². The Balaban J connectivity index is 1.94. The first kappa shape index (κ1) is 15.5. The molecule has 1 fully saturated rings. The Kier molecular flexibility index (Phi) is 4.63. The van der Waals surface area contributed by atoms with E-state index in [0.29, 0.717) is 13.0 Å². The largest absolute Gasteiger partial charge is 0.350 e. The van der Waals surface area contributed by atoms with E-state index in [-0.39, 0.29) is 11.8 Å². The summed E-state index contributed by atoms with van der Waals surface area (Å²) in [6.45, 7) is 4.96. The number of hydrogen-bond acceptors (Lipinski definition) is 3. The van der Waals surface area contributed by atoms with Gasteiger partial charge in [0.2, 0.25) is 11.8 Å². The molecule has 5 nitrogen and oxygen atoms in total. The van der Waals surface area contributed by atoms with Crippen LogP contribution in [0.1, 0.15) is 32.3 Å². The molecule has 0 unspecified atom stereocenters. The second kappa shape index (κ2) is 6.26. The van der Waals surface area contributed by atoms with Crippen LogP contribution in [0.15, 0.2) is 24.3 Å². The normalized spacial score (nSPS) is 15.4. The van der Waals surface area contributed by atoms with Crippen LogP contribution in [0, 0.1) is 0 Å². The maximum absolute atomic E-state index is 12.0. The van der Waals surface area contributed by atoms with Crippen LogP contribution in [-0.4, -0.2) is 30.9 Å². The number of hydrogen-bond donors (Lipinski definition) is 2. The van der Waals surface area contributed by atoms with Crippen molar-refractivity contribution in [3.8, 4) is 0 Å². The lowest BCUT2D eigenvalue weighted by atomic mass is 10.1. The monoisotopic (exact) mass is 289 g/mol. The molecule has 1 aliphatic heterocycles. The molecule has 5 heteroatoms. The number of carbonyl (C=O) groups is 2. The molecule has 21 heavy (non-hydrogen) atoms. The zero-order valence-corrected chi connectivity index (χ0v) is 12.9. The third-order valence-electron chi connectivity index (χ3n) is 3.97. The number of nitrogens with zero attached hydrogens (tertiary/aromatic N) is 1. The van der Waals surface area contributed by atoms with Gasteiger partial charge in [-0.05, 0) is 45.0 Å². The molecule has 0 aliphatic carbocycles. The molecule has 1 heterocycles. The summed E-state index contributed by atoms with van der Waals surface area (Å²) in [5, 5.41) is 5.88. The molecule has 1 aromatic carbocycles. The van der Waals surface area contributed by atoms with Crippen LogP contribution < -0.4 is 15.5 Å². The van der Waals surface area contributed by atoms with Crippen LogP contribution in [0.2, 0.25) is 0 Å². The third kappa shape index (κ3) is 3.61. The van der Waals surface area contributed by atoms with Crippen molar-refractivity contribution < 1.29 is 9.59 Å². The molecule has 114 valence electrons. The van der Waals surface area contributed by atoms with E-state index in [4.69, 9.17) is 0 Å². The number of likely N-dealkylation sites (N-methyl/N-ethyl adjacent to an activating group) is 1. The minimum absolute atomic E-state index is 0.0382. The van der Waals surface area contributed by atoms with Gasteiger partial charge in [-0.15, -0.1) is 0 Å². The van der Waals surface area contributed by atoms with Crippen molar-refractivity contribution in [3.05, 3.63) is 29.8 Å². The van der Waals surface area contributed by atoms with Gasteiger partial charge in [0.1, 0.15) is 0 Å². The molecule has 0 aromatic heterocycles. The van der Waals surface area contributed by atoms with Gasteiger partial charge in [-0.25, -0.2) is 0 Å². The predicted molar refractivity (Wildman–Crippen MR) is 83.0 cm³/mol. The third-order valence-corrected chi connectivity index (χ3v) is 3.97. The molecule has 0 bridgehead atoms. The number of carbonyl (C=O) groups excluding carboxylic acids is 2. The van der Waals surface area contributed by atoms with Crippen LogP contribution in [0.4, 0.5) is 5.69 Å². The van der Waals surface area contributed by atoms with Gasteiger partial charge in [-0.3, -0.25) is 9.59 Å². The topological polar surface area (TPSA) is 61.4 Å². The fraction of sp³-hybridized carbons (Fsp3) is 0.500. The summed E-state index contributed by atoms with van der Waals surface area (Å²) >= 11 is 0. The highest BCUT2D eigenvalue weighted by atomic mass is 16.2. The molecule has 0 spiro atoms. The molecule has 2 N–H and O–H groups in total. The summed E-state index contributed by atoms with van der Waals surface area (Å²) in [6.07, 6.45) is 1.56. The predicted octanol–water partition coefficient (Wildman–Crippen LogP) is 1.43. The first-order chi connectivity index (χ1) is 9.94. The van der Waals surface area contributed by atoms with E-state index >= 15 is 0 Å². The SMILES string of the molecule is CNC(C)(C)C(=O)NCc1ccc(N2CCCC2=O)cc1. The summed E-state index contributed by atoms with van der Waals surface area (Å²) < 4.78 is 0. The number of benzene rings is 1. The number of nitrogens with one attached hydrogen (secondary N) is 2. The zero-order valence-electron chi connectivity index (χ0n) is 12.9. The van der Waals surface area contributed by atoms with Crippen LogP contribution >= 0.6 is 0 Å². The van der Waals surface area contributed by atoms with Gasteiger partial charge in [-0.2, -0.15) is 0 Å². The van der Waals surface area contributed by atoms with Gasteiger partial charge < -0.3 is 15.5 Å². The lowest BCUT2D eigenvalue weighted by molar-refractivity contribution is -0.126. The van der Waals surface area contributed by atoms with Crippen molar-refractivity contribution in [3.63, 3.8) is 0 Å². The number of anilines is 1. The Labute approximate surface area is 125 Å². The Morgan fingerprint density at radius 2 is 1.95 bits per heavy atom. The fourth-order valence-corrected chi connectivity index (χ4v) is 2.23. The summed E-state index contributed by atoms with van der Waals surface area (Å²) in [5.41, 5.74) is 1.37. The van der Waals surface area contributed by atoms with Gasteiger partial charge in [0.15, 0.2) is 0 Å². The number of amides is 2. The van der Waals surface area contributed by atoms with E-state index in [0.717, 1.165) is 24.2 Å². The summed E-state index contributed by atoms with van der Waals surface area (Å²) in [6, 6.07) is 7.78. The average molecular weight is 289 g/mol. The maximum Gasteiger partial charge on any atom is 0.239 e. The standard InChI is InChI=1S/C16H23N3O2/c1-16(2,17-3)15(21)18-11-12-6-8-13(9-7-12)19-10-4-5-14(19)20/h6-9,17H,4-5,10-11H2,1-3H3,(H,18,21). The molecule has 2 rings (SSSR count). The first-order valence-corrected chi connectivity index (χ1v) is 7.30. The Hall–Kier alpha value is -1.88. The molecule has 0 atom stereocenters. The lowest BCUT2D eigenvalue weighted by Gasteiger charge is -2.22. The van der Waals surface area contributed by atoms with Gasteiger partial charge in [-0.1, -0.05) is 12.1 Å². The van der Waals surface area contributed by atoms with E-state index in [2.05, 4.69) is 10.6 Å². The van der Waals surface area contributed by atoms with Crippen LogP contribution in [0.25, 0.3) is 0 Å². The van der Waals surface area contributed by atoms with Gasteiger partial charge in [0, 0.05) is 25.2 Å². The van der Waals surface area contributed by atoms with Crippen LogP contribution in [0.3, 0.4) is 0 Å². The zero-order chi connectivity index (χ0) is 15.5. The van der Waals surface area contributed by atoms with Crippen molar-refractivity contribution in [2.75, 3.05) is 18.5 Å². The molecule has 1 aliphatic rings. The second-order valence-electron chi connectivity index (χ2n) is 5.87. The van der Waals surface area contributed by atoms with E-state index in [1.54, 1.807) is 7.05 Å². The van der Waals surface area contributed by atoms with Crippen molar-refractivity contribution in [2.45, 2.75) is 38.8 Å². The summed E-state index contributed by atoms with van der Waals surface area (Å²) in [4.78, 5) is 25.5. The highest BCUT2D eigenvalue weighted by Crippen LogP contribution is 2.21. The average Bonchev–Trinajstić information content (AvgIpc) is 2.91. The van der Waals surface area contributed by atoms with Gasteiger partial charge >= 0.3 is 0 Å². The first-order valence-electron chi connectivity index (χ1n) is 7.30. The minimum atomic E-state index is -0.581. The highest BCUT2D eigenvalue weighted by molar-refractivity contribution is 5.95. The molecular formula is C16H23N3O2. The molecular weight excluding hydrogens is 266 g/mol. The maximum atomic E-state index is 12.0. The molecule has 0 radical (unpaired) electrons. The van der Waals surface area contributed by atoms with E-state index in [1.807, 2.05) is 43.0 Å². The quantitative estimate of drug-likeness (QED) is 0.862. The van der Waals surface area contributed by atoms with Crippen LogP contribution in [0.5, 0.6) is 0 Å². The van der Waals surface area contributed by atoms with Gasteiger partial charge in [0.05, 0.1) is 5.54 Å². The molecule has 0 saturated carbocycles. The van der Waals surface area contributed by atoms with Crippen LogP contribution in [-0.2, 0) is 16.1 Å². The van der Waals surface area contributed by atoms with E-state index < -0.39 is 5.54 Å². The Morgan fingerprint density at radius 1 is 1.29 bits per heavy atom.